The number of amidine groups is 1. The van der Waals surface area contributed by atoms with Crippen molar-refractivity contribution in [2.24, 2.45) is 4.99 Å². The topological polar surface area (TPSA) is 36.4 Å². The van der Waals surface area contributed by atoms with Crippen molar-refractivity contribution in [3.63, 3.8) is 0 Å². The largest absolute Gasteiger partial charge is 0.377 e. The molecule has 3 nitrogen and oxygen atoms in total. The fraction of sp³-hybridized carbons (Fsp3) is 0.300. The highest BCUT2D eigenvalue weighted by atomic mass is 35.5. The second-order valence-corrected chi connectivity index (χ2v) is 4.12. The first-order chi connectivity index (χ1) is 7.68. The van der Waals surface area contributed by atoms with Crippen molar-refractivity contribution in [3.05, 3.63) is 28.0 Å². The van der Waals surface area contributed by atoms with Gasteiger partial charge in [0.1, 0.15) is 10.9 Å². The van der Waals surface area contributed by atoms with Gasteiger partial charge in [-0.15, -0.1) is 0 Å². The molecule has 2 N–H and O–H groups in total. The number of benzene rings is 1. The number of anilines is 1. The molecule has 0 spiro atoms. The van der Waals surface area contributed by atoms with Gasteiger partial charge in [-0.25, -0.2) is 4.39 Å². The highest BCUT2D eigenvalue weighted by molar-refractivity contribution is 6.36. The third kappa shape index (κ3) is 2.39. The lowest BCUT2D eigenvalue weighted by molar-refractivity contribution is 0.629. The van der Waals surface area contributed by atoms with E-state index >= 15 is 0 Å². The minimum atomic E-state index is -0.602. The summed E-state index contributed by atoms with van der Waals surface area (Å²) in [6, 6.07) is 3.11. The summed E-state index contributed by atoms with van der Waals surface area (Å²) in [6.07, 6.45) is 0. The van der Waals surface area contributed by atoms with Gasteiger partial charge < -0.3 is 10.6 Å². The first kappa shape index (κ1) is 11.5. The van der Waals surface area contributed by atoms with Crippen LogP contribution in [0.25, 0.3) is 0 Å². The van der Waals surface area contributed by atoms with Crippen LogP contribution in [-0.2, 0) is 0 Å². The van der Waals surface area contributed by atoms with Crippen LogP contribution in [0.15, 0.2) is 17.1 Å². The van der Waals surface area contributed by atoms with Gasteiger partial charge in [-0.1, -0.05) is 23.2 Å². The quantitative estimate of drug-likeness (QED) is 0.821. The summed E-state index contributed by atoms with van der Waals surface area (Å²) in [5, 5.41) is 6.12. The zero-order valence-electron chi connectivity index (χ0n) is 8.36. The molecule has 16 heavy (non-hydrogen) atoms. The van der Waals surface area contributed by atoms with Gasteiger partial charge in [0.2, 0.25) is 0 Å². The minimum absolute atomic E-state index is 0.00565. The van der Waals surface area contributed by atoms with Crippen molar-refractivity contribution in [2.75, 3.05) is 25.0 Å². The van der Waals surface area contributed by atoms with Crippen LogP contribution in [0.2, 0.25) is 10.0 Å². The highest BCUT2D eigenvalue weighted by Gasteiger charge is 2.11. The van der Waals surface area contributed by atoms with Crippen molar-refractivity contribution >= 4 is 34.7 Å². The maximum atomic E-state index is 13.3. The smallest absolute Gasteiger partial charge is 0.162 e. The molecule has 0 fully saturated rings. The Hall–Kier alpha value is -1.00. The number of nitrogens with one attached hydrogen (secondary N) is 2. The van der Waals surface area contributed by atoms with Crippen molar-refractivity contribution < 1.29 is 4.39 Å². The van der Waals surface area contributed by atoms with Crippen molar-refractivity contribution in [2.45, 2.75) is 0 Å². The van der Waals surface area contributed by atoms with E-state index in [-0.39, 0.29) is 10.0 Å². The Morgan fingerprint density at radius 2 is 2.25 bits per heavy atom. The van der Waals surface area contributed by atoms with Gasteiger partial charge in [0.15, 0.2) is 5.82 Å². The molecule has 0 unspecified atom stereocenters. The summed E-state index contributed by atoms with van der Waals surface area (Å²) < 4.78 is 13.3. The lowest BCUT2D eigenvalue weighted by Crippen LogP contribution is -2.26. The first-order valence-electron chi connectivity index (χ1n) is 4.83. The van der Waals surface area contributed by atoms with Crippen LogP contribution in [0.3, 0.4) is 0 Å². The second kappa shape index (κ2) is 4.89. The Kier molecular flexibility index (Phi) is 3.51. The van der Waals surface area contributed by atoms with E-state index in [0.29, 0.717) is 12.2 Å². The summed E-state index contributed by atoms with van der Waals surface area (Å²) in [4.78, 5) is 4.20. The molecule has 0 radical (unpaired) electrons. The molecule has 0 bridgehead atoms. The molecular weight excluding hydrogens is 252 g/mol. The molecule has 1 heterocycles. The standard InChI is InChI=1S/C10H10Cl2FN3/c11-6-1-2-7(9(12)10(6)13)16-5-8-14-3-4-15-8/h1-2,16H,3-5H2,(H,14,15). The summed E-state index contributed by atoms with van der Waals surface area (Å²) in [5.41, 5.74) is 0.514. The molecule has 0 atom stereocenters. The van der Waals surface area contributed by atoms with E-state index < -0.39 is 5.82 Å². The maximum Gasteiger partial charge on any atom is 0.162 e. The van der Waals surface area contributed by atoms with Gasteiger partial charge in [0.25, 0.3) is 0 Å². The van der Waals surface area contributed by atoms with Crippen LogP contribution in [0, 0.1) is 5.82 Å². The number of hydrogen-bond donors (Lipinski definition) is 2. The van der Waals surface area contributed by atoms with Crippen molar-refractivity contribution in [1.82, 2.24) is 5.32 Å². The third-order valence-electron chi connectivity index (χ3n) is 2.22. The predicted molar refractivity (Wildman–Crippen MR) is 65.2 cm³/mol. The average Bonchev–Trinajstić information content (AvgIpc) is 2.78. The Morgan fingerprint density at radius 3 is 2.94 bits per heavy atom. The van der Waals surface area contributed by atoms with E-state index in [2.05, 4.69) is 15.6 Å². The average molecular weight is 262 g/mol. The van der Waals surface area contributed by atoms with Gasteiger partial charge in [0.05, 0.1) is 23.8 Å². The number of hydrogen-bond acceptors (Lipinski definition) is 3. The molecule has 6 heteroatoms. The van der Waals surface area contributed by atoms with Gasteiger partial charge >= 0.3 is 0 Å². The van der Waals surface area contributed by atoms with E-state index in [1.54, 1.807) is 6.07 Å². The molecule has 1 aliphatic rings. The molecule has 0 aromatic heterocycles. The number of nitrogens with zero attached hydrogens (tertiary/aromatic N) is 1. The molecule has 1 aromatic carbocycles. The van der Waals surface area contributed by atoms with Crippen molar-refractivity contribution in [1.29, 1.82) is 0 Å². The Balaban J connectivity index is 2.07. The first-order valence-corrected chi connectivity index (χ1v) is 5.58. The van der Waals surface area contributed by atoms with E-state index in [0.717, 1.165) is 18.9 Å². The van der Waals surface area contributed by atoms with Crippen LogP contribution in [-0.4, -0.2) is 25.5 Å². The highest BCUT2D eigenvalue weighted by Crippen LogP contribution is 2.29. The van der Waals surface area contributed by atoms with E-state index in [9.17, 15) is 4.39 Å². The van der Waals surface area contributed by atoms with Crippen molar-refractivity contribution in [3.8, 4) is 0 Å². The van der Waals surface area contributed by atoms with Crippen LogP contribution >= 0.6 is 23.2 Å². The molecule has 86 valence electrons. The van der Waals surface area contributed by atoms with Crippen LogP contribution in [0.5, 0.6) is 0 Å². The van der Waals surface area contributed by atoms with Gasteiger partial charge in [-0.2, -0.15) is 0 Å². The monoisotopic (exact) mass is 261 g/mol. The molecule has 0 saturated heterocycles. The zero-order chi connectivity index (χ0) is 11.5. The minimum Gasteiger partial charge on any atom is -0.377 e. The molecular formula is C10H10Cl2FN3. The summed E-state index contributed by atoms with van der Waals surface area (Å²) >= 11 is 11.4. The lowest BCUT2D eigenvalue weighted by Gasteiger charge is -2.09. The van der Waals surface area contributed by atoms with E-state index in [4.69, 9.17) is 23.2 Å². The lowest BCUT2D eigenvalue weighted by atomic mass is 10.3. The fourth-order valence-electron chi connectivity index (χ4n) is 1.41. The van der Waals surface area contributed by atoms with Crippen LogP contribution in [0.4, 0.5) is 10.1 Å². The summed E-state index contributed by atoms with van der Waals surface area (Å²) in [6.45, 7) is 2.13. The predicted octanol–water partition coefficient (Wildman–Crippen LogP) is 2.55. The molecule has 1 aliphatic heterocycles. The van der Waals surface area contributed by atoms with Gasteiger partial charge in [-0.05, 0) is 12.1 Å². The molecule has 0 aliphatic carbocycles. The van der Waals surface area contributed by atoms with E-state index in [1.165, 1.54) is 6.07 Å². The fourth-order valence-corrected chi connectivity index (χ4v) is 1.84. The normalized spacial score (nSPS) is 14.6. The van der Waals surface area contributed by atoms with E-state index in [1.807, 2.05) is 0 Å². The number of aliphatic imine (C=N–C) groups is 1. The maximum absolute atomic E-state index is 13.3. The zero-order valence-corrected chi connectivity index (χ0v) is 9.87. The summed E-state index contributed by atoms with van der Waals surface area (Å²) in [7, 11) is 0. The Labute approximate surface area is 103 Å². The van der Waals surface area contributed by atoms with Gasteiger partial charge in [-0.3, -0.25) is 4.99 Å². The number of rotatable bonds is 3. The SMILES string of the molecule is Fc1c(Cl)ccc(NCC2=NCCN2)c1Cl. The molecule has 0 saturated carbocycles. The number of halogens is 3. The molecule has 0 amide bonds. The summed E-state index contributed by atoms with van der Waals surface area (Å²) in [5.74, 6) is 0.251. The van der Waals surface area contributed by atoms with Crippen LogP contribution < -0.4 is 10.6 Å². The Bertz CT molecular complexity index is 434. The Morgan fingerprint density at radius 1 is 1.44 bits per heavy atom. The third-order valence-corrected chi connectivity index (χ3v) is 2.89. The van der Waals surface area contributed by atoms with Crippen LogP contribution in [0.1, 0.15) is 0 Å². The molecule has 1 aromatic rings. The second-order valence-electron chi connectivity index (χ2n) is 3.33. The molecule has 2 rings (SSSR count). The van der Waals surface area contributed by atoms with Gasteiger partial charge in [0, 0.05) is 6.54 Å².